The van der Waals surface area contributed by atoms with Crippen molar-refractivity contribution >= 4 is 5.91 Å². The van der Waals surface area contributed by atoms with E-state index < -0.39 is 17.7 Å². The van der Waals surface area contributed by atoms with Crippen molar-refractivity contribution in [3.05, 3.63) is 65.2 Å². The summed E-state index contributed by atoms with van der Waals surface area (Å²) in [5.41, 5.74) is 1.02. The minimum Gasteiger partial charge on any atom is -0.494 e. The van der Waals surface area contributed by atoms with Crippen LogP contribution in [0, 0.1) is 11.6 Å². The van der Waals surface area contributed by atoms with Gasteiger partial charge in [0.25, 0.3) is 5.91 Å². The zero-order chi connectivity index (χ0) is 17.7. The van der Waals surface area contributed by atoms with Crippen LogP contribution in [0.5, 0.6) is 5.75 Å². The maximum atomic E-state index is 13.4. The SMILES string of the molecule is CCCOc1cccc(C(=O)N(C)C(C)c2ccc(F)c(F)c2)c1. The number of hydrogen-bond acceptors (Lipinski definition) is 2. The molecule has 128 valence electrons. The monoisotopic (exact) mass is 333 g/mol. The normalized spacial score (nSPS) is 11.9. The van der Waals surface area contributed by atoms with E-state index in [9.17, 15) is 13.6 Å². The average Bonchev–Trinajstić information content (AvgIpc) is 2.60. The van der Waals surface area contributed by atoms with Crippen molar-refractivity contribution in [1.82, 2.24) is 4.90 Å². The summed E-state index contributed by atoms with van der Waals surface area (Å²) in [4.78, 5) is 14.1. The van der Waals surface area contributed by atoms with Gasteiger partial charge < -0.3 is 9.64 Å². The highest BCUT2D eigenvalue weighted by molar-refractivity contribution is 5.94. The number of carbonyl (C=O) groups excluding carboxylic acids is 1. The fraction of sp³-hybridized carbons (Fsp3) is 0.316. The smallest absolute Gasteiger partial charge is 0.254 e. The van der Waals surface area contributed by atoms with Gasteiger partial charge in [0, 0.05) is 12.6 Å². The van der Waals surface area contributed by atoms with Gasteiger partial charge in [-0.15, -0.1) is 0 Å². The first-order valence-electron chi connectivity index (χ1n) is 7.89. The van der Waals surface area contributed by atoms with Crippen LogP contribution in [0.2, 0.25) is 0 Å². The van der Waals surface area contributed by atoms with Gasteiger partial charge in [-0.05, 0) is 49.2 Å². The van der Waals surface area contributed by atoms with Crippen molar-refractivity contribution in [1.29, 1.82) is 0 Å². The second kappa shape index (κ2) is 7.90. The molecule has 1 amide bonds. The van der Waals surface area contributed by atoms with Gasteiger partial charge in [-0.25, -0.2) is 8.78 Å². The molecule has 2 rings (SSSR count). The van der Waals surface area contributed by atoms with Crippen LogP contribution in [-0.2, 0) is 0 Å². The van der Waals surface area contributed by atoms with Crippen LogP contribution in [0.15, 0.2) is 42.5 Å². The van der Waals surface area contributed by atoms with E-state index in [-0.39, 0.29) is 5.91 Å². The zero-order valence-electron chi connectivity index (χ0n) is 14.1. The number of hydrogen-bond donors (Lipinski definition) is 0. The Morgan fingerprint density at radius 1 is 1.17 bits per heavy atom. The molecule has 0 aliphatic heterocycles. The van der Waals surface area contributed by atoms with Gasteiger partial charge in [0.05, 0.1) is 12.6 Å². The maximum absolute atomic E-state index is 13.4. The molecule has 0 bridgehead atoms. The number of rotatable bonds is 6. The molecule has 0 N–H and O–H groups in total. The summed E-state index contributed by atoms with van der Waals surface area (Å²) in [5, 5.41) is 0. The third-order valence-corrected chi connectivity index (χ3v) is 3.88. The molecule has 0 saturated heterocycles. The topological polar surface area (TPSA) is 29.5 Å². The number of ether oxygens (including phenoxy) is 1. The maximum Gasteiger partial charge on any atom is 0.254 e. The Hall–Kier alpha value is -2.43. The molecule has 2 aromatic carbocycles. The first-order chi connectivity index (χ1) is 11.4. The number of nitrogens with zero attached hydrogens (tertiary/aromatic N) is 1. The molecule has 1 atom stereocenters. The van der Waals surface area contributed by atoms with Crippen LogP contribution in [0.3, 0.4) is 0 Å². The lowest BCUT2D eigenvalue weighted by Crippen LogP contribution is -2.29. The zero-order valence-corrected chi connectivity index (χ0v) is 14.1. The summed E-state index contributed by atoms with van der Waals surface area (Å²) in [6.45, 7) is 4.35. The van der Waals surface area contributed by atoms with E-state index in [1.165, 1.54) is 11.0 Å². The molecule has 0 saturated carbocycles. The molecule has 2 aromatic rings. The molecule has 0 fully saturated rings. The predicted octanol–water partition coefficient (Wildman–Crippen LogP) is 4.59. The Kier molecular flexibility index (Phi) is 5.90. The molecule has 0 radical (unpaired) electrons. The molecule has 0 aromatic heterocycles. The highest BCUT2D eigenvalue weighted by Gasteiger charge is 2.20. The fourth-order valence-electron chi connectivity index (χ4n) is 2.31. The van der Waals surface area contributed by atoms with Crippen molar-refractivity contribution in [2.24, 2.45) is 0 Å². The van der Waals surface area contributed by atoms with E-state index in [1.54, 1.807) is 38.2 Å². The molecule has 3 nitrogen and oxygen atoms in total. The Balaban J connectivity index is 2.17. The summed E-state index contributed by atoms with van der Waals surface area (Å²) in [5.74, 6) is -1.40. The number of halogens is 2. The van der Waals surface area contributed by atoms with E-state index in [2.05, 4.69) is 0 Å². The third-order valence-electron chi connectivity index (χ3n) is 3.88. The van der Waals surface area contributed by atoms with Gasteiger partial charge in [0.15, 0.2) is 11.6 Å². The summed E-state index contributed by atoms with van der Waals surface area (Å²) in [6.07, 6.45) is 0.880. The first-order valence-corrected chi connectivity index (χ1v) is 7.89. The number of carbonyl (C=O) groups is 1. The molecule has 0 aliphatic rings. The highest BCUT2D eigenvalue weighted by Crippen LogP contribution is 2.23. The lowest BCUT2D eigenvalue weighted by atomic mass is 10.1. The minimum absolute atomic E-state index is 0.214. The number of benzene rings is 2. The summed E-state index contributed by atoms with van der Waals surface area (Å²) in [6, 6.07) is 10.2. The average molecular weight is 333 g/mol. The predicted molar refractivity (Wildman–Crippen MR) is 89.1 cm³/mol. The van der Waals surface area contributed by atoms with Crippen LogP contribution >= 0.6 is 0 Å². The van der Waals surface area contributed by atoms with Crippen molar-refractivity contribution in [2.75, 3.05) is 13.7 Å². The second-order valence-corrected chi connectivity index (χ2v) is 5.64. The van der Waals surface area contributed by atoms with Crippen molar-refractivity contribution in [3.63, 3.8) is 0 Å². The van der Waals surface area contributed by atoms with Crippen molar-refractivity contribution < 1.29 is 18.3 Å². The molecular weight excluding hydrogens is 312 g/mol. The first kappa shape index (κ1) is 17.9. The van der Waals surface area contributed by atoms with E-state index in [0.29, 0.717) is 23.5 Å². The molecule has 0 spiro atoms. The van der Waals surface area contributed by atoms with Crippen LogP contribution in [0.25, 0.3) is 0 Å². The van der Waals surface area contributed by atoms with Crippen LogP contribution in [-0.4, -0.2) is 24.5 Å². The highest BCUT2D eigenvalue weighted by atomic mass is 19.2. The summed E-state index contributed by atoms with van der Waals surface area (Å²) < 4.78 is 32.0. The van der Waals surface area contributed by atoms with Gasteiger partial charge in [0.1, 0.15) is 5.75 Å². The molecule has 5 heteroatoms. The largest absolute Gasteiger partial charge is 0.494 e. The van der Waals surface area contributed by atoms with Gasteiger partial charge in [0.2, 0.25) is 0 Å². The van der Waals surface area contributed by atoms with Crippen molar-refractivity contribution in [3.8, 4) is 5.75 Å². The second-order valence-electron chi connectivity index (χ2n) is 5.64. The lowest BCUT2D eigenvalue weighted by molar-refractivity contribution is 0.0742. The molecular formula is C19H21F2NO2. The standard InChI is InChI=1S/C19H21F2NO2/c1-4-10-24-16-7-5-6-15(11-16)19(23)22(3)13(2)14-8-9-17(20)18(21)12-14/h5-9,11-13H,4,10H2,1-3H3. The Bertz CT molecular complexity index is 718. The van der Waals surface area contributed by atoms with Crippen molar-refractivity contribution in [2.45, 2.75) is 26.3 Å². The summed E-state index contributed by atoms with van der Waals surface area (Å²) in [7, 11) is 1.63. The van der Waals surface area contributed by atoms with Crippen LogP contribution in [0.1, 0.15) is 42.2 Å². The molecule has 1 unspecified atom stereocenters. The minimum atomic E-state index is -0.921. The molecule has 0 aliphatic carbocycles. The van der Waals surface area contributed by atoms with Crippen LogP contribution in [0.4, 0.5) is 8.78 Å². The third kappa shape index (κ3) is 4.10. The number of amides is 1. The van der Waals surface area contributed by atoms with Crippen LogP contribution < -0.4 is 4.74 Å². The summed E-state index contributed by atoms with van der Waals surface area (Å²) >= 11 is 0. The lowest BCUT2D eigenvalue weighted by Gasteiger charge is -2.25. The van der Waals surface area contributed by atoms with E-state index >= 15 is 0 Å². The van der Waals surface area contributed by atoms with Gasteiger partial charge in [-0.1, -0.05) is 19.1 Å². The Labute approximate surface area is 140 Å². The van der Waals surface area contributed by atoms with E-state index in [0.717, 1.165) is 18.6 Å². The fourth-order valence-corrected chi connectivity index (χ4v) is 2.31. The van der Waals surface area contributed by atoms with E-state index in [4.69, 9.17) is 4.74 Å². The Morgan fingerprint density at radius 3 is 2.58 bits per heavy atom. The quantitative estimate of drug-likeness (QED) is 0.774. The van der Waals surface area contributed by atoms with E-state index in [1.807, 2.05) is 6.92 Å². The van der Waals surface area contributed by atoms with Gasteiger partial charge in [-0.3, -0.25) is 4.79 Å². The molecule has 0 heterocycles. The van der Waals surface area contributed by atoms with Gasteiger partial charge in [-0.2, -0.15) is 0 Å². The molecule has 24 heavy (non-hydrogen) atoms. The van der Waals surface area contributed by atoms with Gasteiger partial charge >= 0.3 is 0 Å². The Morgan fingerprint density at radius 2 is 1.92 bits per heavy atom.